The van der Waals surface area contributed by atoms with Crippen LogP contribution in [0.5, 0.6) is 0 Å². The van der Waals surface area contributed by atoms with Crippen LogP contribution >= 0.6 is 35.0 Å². The number of alkyl halides is 2. The number of hydrogen-bond donors (Lipinski definition) is 0. The van der Waals surface area contributed by atoms with Gasteiger partial charge in [0.1, 0.15) is 0 Å². The lowest BCUT2D eigenvalue weighted by Gasteiger charge is -2.30. The monoisotopic (exact) mass is 290 g/mol. The molecule has 0 nitrogen and oxygen atoms in total. The van der Waals surface area contributed by atoms with E-state index < -0.39 is 0 Å². The molecule has 0 saturated carbocycles. The van der Waals surface area contributed by atoms with Crippen LogP contribution in [0.25, 0.3) is 0 Å². The van der Waals surface area contributed by atoms with Crippen LogP contribution in [0.15, 0.2) is 24.3 Å². The lowest BCUT2D eigenvalue weighted by molar-refractivity contribution is 0.487. The van der Waals surface area contributed by atoms with Crippen LogP contribution < -0.4 is 0 Å². The van der Waals surface area contributed by atoms with Crippen LogP contribution in [-0.4, -0.2) is 23.8 Å². The van der Waals surface area contributed by atoms with Crippen LogP contribution in [0.4, 0.5) is 0 Å². The summed E-state index contributed by atoms with van der Waals surface area (Å²) in [5.41, 5.74) is 2.48. The first-order chi connectivity index (χ1) is 8.18. The Balaban J connectivity index is 2.85. The predicted molar refractivity (Wildman–Crippen MR) is 81.9 cm³/mol. The molecule has 96 valence electrons. The molecule has 0 heterocycles. The van der Waals surface area contributed by atoms with Gasteiger partial charge in [-0.1, -0.05) is 29.8 Å². The number of thioether (sulfide) groups is 1. The molecule has 0 N–H and O–H groups in total. The molecule has 0 radical (unpaired) electrons. The van der Waals surface area contributed by atoms with Crippen molar-refractivity contribution in [2.45, 2.75) is 25.2 Å². The van der Waals surface area contributed by atoms with Crippen molar-refractivity contribution in [3.63, 3.8) is 0 Å². The third-order valence-corrected chi connectivity index (χ3v) is 4.90. The van der Waals surface area contributed by atoms with Crippen LogP contribution in [0.2, 0.25) is 0 Å². The van der Waals surface area contributed by atoms with Crippen LogP contribution in [0, 0.1) is 6.92 Å². The molecule has 1 aromatic carbocycles. The topological polar surface area (TPSA) is 0 Å². The molecule has 0 amide bonds. The second-order valence-electron chi connectivity index (χ2n) is 4.51. The average molecular weight is 291 g/mol. The first-order valence-corrected chi connectivity index (χ1v) is 8.33. The average Bonchev–Trinajstić information content (AvgIpc) is 2.37. The lowest BCUT2D eigenvalue weighted by atomic mass is 9.80. The molecule has 3 heteroatoms. The highest BCUT2D eigenvalue weighted by Crippen LogP contribution is 2.33. The summed E-state index contributed by atoms with van der Waals surface area (Å²) in [4.78, 5) is 0. The number of benzene rings is 1. The Morgan fingerprint density at radius 2 is 1.71 bits per heavy atom. The van der Waals surface area contributed by atoms with Crippen LogP contribution in [0.1, 0.15) is 24.0 Å². The number of halogens is 2. The maximum atomic E-state index is 6.19. The second kappa shape index (κ2) is 7.56. The number of hydrogen-bond acceptors (Lipinski definition) is 1. The van der Waals surface area contributed by atoms with E-state index in [0.717, 1.165) is 12.8 Å². The summed E-state index contributed by atoms with van der Waals surface area (Å²) >= 11 is 14.2. The van der Waals surface area contributed by atoms with Gasteiger partial charge >= 0.3 is 0 Å². The van der Waals surface area contributed by atoms with E-state index in [1.165, 1.54) is 16.9 Å². The summed E-state index contributed by atoms with van der Waals surface area (Å²) in [5.74, 6) is 2.35. The van der Waals surface area contributed by atoms with Gasteiger partial charge in [0.15, 0.2) is 0 Å². The molecular weight excluding hydrogens is 271 g/mol. The maximum Gasteiger partial charge on any atom is 0.0332 e. The Morgan fingerprint density at radius 1 is 1.12 bits per heavy atom. The fourth-order valence-electron chi connectivity index (χ4n) is 1.93. The van der Waals surface area contributed by atoms with Gasteiger partial charge in [-0.05, 0) is 37.3 Å². The molecule has 1 aromatic rings. The third kappa shape index (κ3) is 4.08. The van der Waals surface area contributed by atoms with Crippen molar-refractivity contribution >= 4 is 35.0 Å². The highest BCUT2D eigenvalue weighted by molar-refractivity contribution is 7.98. The van der Waals surface area contributed by atoms with E-state index in [4.69, 9.17) is 23.2 Å². The van der Waals surface area contributed by atoms with E-state index in [9.17, 15) is 0 Å². The normalized spacial score (nSPS) is 11.8. The summed E-state index contributed by atoms with van der Waals surface area (Å²) in [6, 6.07) is 8.61. The van der Waals surface area contributed by atoms with Gasteiger partial charge in [-0.25, -0.2) is 0 Å². The minimum Gasteiger partial charge on any atom is -0.165 e. The summed E-state index contributed by atoms with van der Waals surface area (Å²) in [7, 11) is 0. The zero-order valence-corrected chi connectivity index (χ0v) is 12.8. The molecule has 1 rings (SSSR count). The predicted octanol–water partition coefficient (Wildman–Crippen LogP) is 4.85. The fraction of sp³-hybridized carbons (Fsp3) is 0.571. The van der Waals surface area contributed by atoms with Crippen molar-refractivity contribution < 1.29 is 0 Å². The van der Waals surface area contributed by atoms with Gasteiger partial charge in [0.05, 0.1) is 0 Å². The summed E-state index contributed by atoms with van der Waals surface area (Å²) in [5, 5.41) is 0. The quantitative estimate of drug-likeness (QED) is 0.511. The van der Waals surface area contributed by atoms with Crippen molar-refractivity contribution in [3.8, 4) is 0 Å². The maximum absolute atomic E-state index is 6.19. The van der Waals surface area contributed by atoms with Crippen molar-refractivity contribution in [1.82, 2.24) is 0 Å². The molecule has 0 fully saturated rings. The summed E-state index contributed by atoms with van der Waals surface area (Å²) in [6.07, 6.45) is 4.35. The van der Waals surface area contributed by atoms with Crippen molar-refractivity contribution in [2.75, 3.05) is 23.8 Å². The SMILES string of the molecule is CSCCCC(CCl)(CCl)c1ccc(C)cc1. The molecule has 0 aromatic heterocycles. The Morgan fingerprint density at radius 3 is 2.18 bits per heavy atom. The molecular formula is C14H20Cl2S. The van der Waals surface area contributed by atoms with E-state index in [1.807, 2.05) is 11.8 Å². The van der Waals surface area contributed by atoms with Crippen molar-refractivity contribution in [1.29, 1.82) is 0 Å². The molecule has 0 spiro atoms. The molecule has 17 heavy (non-hydrogen) atoms. The molecule has 0 aliphatic carbocycles. The number of rotatable bonds is 7. The van der Waals surface area contributed by atoms with Crippen LogP contribution in [-0.2, 0) is 5.41 Å². The van der Waals surface area contributed by atoms with Gasteiger partial charge in [0.25, 0.3) is 0 Å². The molecule has 0 aliphatic heterocycles. The van der Waals surface area contributed by atoms with Gasteiger partial charge in [0, 0.05) is 17.2 Å². The van der Waals surface area contributed by atoms with Crippen molar-refractivity contribution in [3.05, 3.63) is 35.4 Å². The van der Waals surface area contributed by atoms with Gasteiger partial charge in [-0.3, -0.25) is 0 Å². The highest BCUT2D eigenvalue weighted by Gasteiger charge is 2.29. The van der Waals surface area contributed by atoms with Gasteiger partial charge in [0.2, 0.25) is 0 Å². The Bertz CT molecular complexity index is 317. The first-order valence-electron chi connectivity index (χ1n) is 5.86. The highest BCUT2D eigenvalue weighted by atomic mass is 35.5. The number of aryl methyl sites for hydroxylation is 1. The lowest BCUT2D eigenvalue weighted by Crippen LogP contribution is -2.30. The zero-order chi connectivity index (χ0) is 12.7. The van der Waals surface area contributed by atoms with E-state index in [-0.39, 0.29) is 5.41 Å². The Kier molecular flexibility index (Phi) is 6.76. The third-order valence-electron chi connectivity index (χ3n) is 3.18. The van der Waals surface area contributed by atoms with E-state index >= 15 is 0 Å². The van der Waals surface area contributed by atoms with E-state index in [0.29, 0.717) is 11.8 Å². The minimum absolute atomic E-state index is 0.0630. The van der Waals surface area contributed by atoms with E-state index in [1.54, 1.807) is 0 Å². The minimum atomic E-state index is -0.0630. The molecule has 0 atom stereocenters. The molecule has 0 saturated heterocycles. The summed E-state index contributed by atoms with van der Waals surface area (Å²) in [6.45, 7) is 2.10. The van der Waals surface area contributed by atoms with Crippen molar-refractivity contribution in [2.24, 2.45) is 0 Å². The zero-order valence-electron chi connectivity index (χ0n) is 10.5. The second-order valence-corrected chi connectivity index (χ2v) is 6.03. The smallest absolute Gasteiger partial charge is 0.0332 e. The Hall–Kier alpha value is 0.150. The molecule has 0 aliphatic rings. The van der Waals surface area contributed by atoms with Crippen LogP contribution in [0.3, 0.4) is 0 Å². The molecule has 0 bridgehead atoms. The largest absolute Gasteiger partial charge is 0.165 e. The molecule has 0 unspecified atom stereocenters. The van der Waals surface area contributed by atoms with Gasteiger partial charge < -0.3 is 0 Å². The summed E-state index contributed by atoms with van der Waals surface area (Å²) < 4.78 is 0. The fourth-order valence-corrected chi connectivity index (χ4v) is 3.22. The van der Waals surface area contributed by atoms with Gasteiger partial charge in [-0.15, -0.1) is 23.2 Å². The first kappa shape index (κ1) is 15.2. The standard InChI is InChI=1S/C14H20Cl2S/c1-12-4-6-13(7-5-12)14(10-15,11-16)8-3-9-17-2/h4-7H,3,8-11H2,1-2H3. The van der Waals surface area contributed by atoms with Gasteiger partial charge in [-0.2, -0.15) is 11.8 Å². The van der Waals surface area contributed by atoms with E-state index in [2.05, 4.69) is 37.4 Å². The Labute approximate surface area is 119 Å².